The first-order valence-corrected chi connectivity index (χ1v) is 9.77. The number of carbonyl (C=O) groups is 1. The van der Waals surface area contributed by atoms with Crippen molar-refractivity contribution < 1.29 is 19.4 Å². The molecule has 3 aromatic carbocycles. The maximum absolute atomic E-state index is 13.4. The van der Waals surface area contributed by atoms with E-state index < -0.39 is 6.17 Å². The van der Waals surface area contributed by atoms with Gasteiger partial charge in [-0.3, -0.25) is 4.79 Å². The molecule has 0 aromatic heterocycles. The van der Waals surface area contributed by atoms with Gasteiger partial charge >= 0.3 is 0 Å². The summed E-state index contributed by atoms with van der Waals surface area (Å²) >= 11 is 0. The Kier molecular flexibility index (Phi) is 5.49. The number of hydrogen-bond donors (Lipinski definition) is 2. The maximum Gasteiger partial charge on any atom is 0.278 e. The molecule has 2 N–H and O–H groups in total. The van der Waals surface area contributed by atoms with Crippen LogP contribution < -0.4 is 14.8 Å². The largest absolute Gasteiger partial charge is 0.504 e. The van der Waals surface area contributed by atoms with Crippen LogP contribution >= 0.6 is 0 Å². The van der Waals surface area contributed by atoms with E-state index in [9.17, 15) is 9.90 Å². The zero-order chi connectivity index (χ0) is 22.0. The Balaban J connectivity index is 1.78. The number of para-hydroxylation sites is 1. The number of aromatic hydroxyl groups is 1. The second-order valence-electron chi connectivity index (χ2n) is 7.09. The number of fused-ring (bicyclic) bond motifs is 1. The number of ether oxygens (including phenoxy) is 2. The molecule has 0 spiro atoms. The smallest absolute Gasteiger partial charge is 0.278 e. The summed E-state index contributed by atoms with van der Waals surface area (Å²) in [4.78, 5) is 13.4. The second kappa shape index (κ2) is 8.39. The van der Waals surface area contributed by atoms with Crippen LogP contribution in [0.4, 0.5) is 5.69 Å². The number of amides is 1. The molecule has 1 atom stereocenters. The maximum atomic E-state index is 13.4. The molecule has 1 unspecified atom stereocenters. The fourth-order valence-electron chi connectivity index (χ4n) is 3.49. The lowest BCUT2D eigenvalue weighted by molar-refractivity contribution is 0.0689. The number of benzene rings is 3. The summed E-state index contributed by atoms with van der Waals surface area (Å²) in [7, 11) is 3.10. The molecule has 158 valence electrons. The Morgan fingerprint density at radius 2 is 1.77 bits per heavy atom. The lowest BCUT2D eigenvalue weighted by Gasteiger charge is -2.35. The topological polar surface area (TPSA) is 83.4 Å². The first-order valence-electron chi connectivity index (χ1n) is 9.77. The Hall–Kier alpha value is -4.00. The molecule has 7 nitrogen and oxygen atoms in total. The molecule has 0 fully saturated rings. The number of nitrogens with one attached hydrogen (secondary N) is 1. The van der Waals surface area contributed by atoms with E-state index in [1.165, 1.54) is 12.1 Å². The zero-order valence-electron chi connectivity index (χ0n) is 17.5. The van der Waals surface area contributed by atoms with E-state index in [0.717, 1.165) is 22.6 Å². The van der Waals surface area contributed by atoms with Crippen LogP contribution in [0.3, 0.4) is 0 Å². The molecule has 1 heterocycles. The van der Waals surface area contributed by atoms with Gasteiger partial charge < -0.3 is 19.9 Å². The summed E-state index contributed by atoms with van der Waals surface area (Å²) in [6.07, 6.45) is -0.579. The van der Waals surface area contributed by atoms with E-state index >= 15 is 0 Å². The normalized spacial score (nSPS) is 15.8. The van der Waals surface area contributed by atoms with Crippen LogP contribution in [0.25, 0.3) is 0 Å². The molecular weight excluding hydrogens is 394 g/mol. The van der Waals surface area contributed by atoms with E-state index in [0.29, 0.717) is 17.0 Å². The molecular formula is C24H23N3O4. The monoisotopic (exact) mass is 417 g/mol. The van der Waals surface area contributed by atoms with Gasteiger partial charge in [-0.25, -0.2) is 5.01 Å². The van der Waals surface area contributed by atoms with Crippen LogP contribution in [-0.4, -0.2) is 36.0 Å². The van der Waals surface area contributed by atoms with Crippen LogP contribution in [0.15, 0.2) is 71.8 Å². The van der Waals surface area contributed by atoms with Crippen LogP contribution in [0.5, 0.6) is 17.2 Å². The summed E-state index contributed by atoms with van der Waals surface area (Å²) in [6, 6.07) is 19.8. The Morgan fingerprint density at radius 3 is 2.48 bits per heavy atom. The van der Waals surface area contributed by atoms with Gasteiger partial charge in [-0.05, 0) is 61.0 Å². The Morgan fingerprint density at radius 1 is 1.03 bits per heavy atom. The number of nitrogens with zero attached hydrogens (tertiary/aromatic N) is 2. The molecule has 0 bridgehead atoms. The van der Waals surface area contributed by atoms with E-state index in [4.69, 9.17) is 9.47 Å². The van der Waals surface area contributed by atoms with Crippen LogP contribution in [0.1, 0.15) is 34.6 Å². The van der Waals surface area contributed by atoms with Crippen molar-refractivity contribution in [3.8, 4) is 17.2 Å². The standard InChI is InChI=1S/C24H23N3O4/c1-15(16-8-11-18(30-2)12-9-16)26-27-23(17-10-13-21(28)22(14-17)31-3)25-20-7-5-4-6-19(20)24(27)29/h4-14,23,25,28H,1-3H3. The molecule has 0 saturated heterocycles. The number of hydrogen-bond acceptors (Lipinski definition) is 6. The minimum absolute atomic E-state index is 0.0262. The number of phenolic OH excluding ortho intramolecular Hbond substituents is 1. The molecule has 0 saturated carbocycles. The quantitative estimate of drug-likeness (QED) is 0.601. The molecule has 1 amide bonds. The van der Waals surface area contributed by atoms with Crippen LogP contribution in [-0.2, 0) is 0 Å². The van der Waals surface area contributed by atoms with Crippen LogP contribution in [0.2, 0.25) is 0 Å². The van der Waals surface area contributed by atoms with E-state index in [1.807, 2.05) is 49.4 Å². The van der Waals surface area contributed by atoms with Crippen molar-refractivity contribution >= 4 is 17.3 Å². The Labute approximate surface area is 180 Å². The fraction of sp³-hybridized carbons (Fsp3) is 0.167. The lowest BCUT2D eigenvalue weighted by atomic mass is 10.0. The zero-order valence-corrected chi connectivity index (χ0v) is 17.5. The highest BCUT2D eigenvalue weighted by atomic mass is 16.5. The van der Waals surface area contributed by atoms with Crippen molar-refractivity contribution in [3.63, 3.8) is 0 Å². The van der Waals surface area contributed by atoms with Gasteiger partial charge in [0.2, 0.25) is 0 Å². The average Bonchev–Trinajstić information content (AvgIpc) is 2.81. The number of rotatable bonds is 5. The van der Waals surface area contributed by atoms with Gasteiger partial charge in [0, 0.05) is 11.3 Å². The van der Waals surface area contributed by atoms with Crippen LogP contribution in [0, 0.1) is 0 Å². The molecule has 7 heteroatoms. The van der Waals surface area contributed by atoms with Gasteiger partial charge in [-0.15, -0.1) is 0 Å². The van der Waals surface area contributed by atoms with Gasteiger partial charge in [0.1, 0.15) is 5.75 Å². The van der Waals surface area contributed by atoms with Gasteiger partial charge in [-0.1, -0.05) is 18.2 Å². The highest BCUT2D eigenvalue weighted by molar-refractivity contribution is 6.04. The van der Waals surface area contributed by atoms with Gasteiger partial charge in [0.15, 0.2) is 17.7 Å². The number of methoxy groups -OCH3 is 2. The minimum atomic E-state index is -0.579. The van der Waals surface area contributed by atoms with E-state index in [1.54, 1.807) is 31.4 Å². The van der Waals surface area contributed by atoms with Crippen molar-refractivity contribution in [2.45, 2.75) is 13.1 Å². The third-order valence-corrected chi connectivity index (χ3v) is 5.19. The van der Waals surface area contributed by atoms with E-state index in [-0.39, 0.29) is 11.7 Å². The molecule has 3 aromatic rings. The summed E-state index contributed by atoms with van der Waals surface area (Å²) in [5, 5.41) is 19.5. The number of phenols is 1. The van der Waals surface area contributed by atoms with Gasteiger partial charge in [0.25, 0.3) is 5.91 Å². The number of anilines is 1. The van der Waals surface area contributed by atoms with Crippen molar-refractivity contribution in [1.82, 2.24) is 5.01 Å². The van der Waals surface area contributed by atoms with Gasteiger partial charge in [-0.2, -0.15) is 5.10 Å². The average molecular weight is 417 g/mol. The highest BCUT2D eigenvalue weighted by Gasteiger charge is 2.33. The summed E-state index contributed by atoms with van der Waals surface area (Å²) in [5.74, 6) is 0.870. The molecule has 1 aliphatic heterocycles. The summed E-state index contributed by atoms with van der Waals surface area (Å²) < 4.78 is 10.5. The number of hydrazone groups is 1. The first kappa shape index (κ1) is 20.3. The first-order chi connectivity index (χ1) is 15.0. The molecule has 0 radical (unpaired) electrons. The van der Waals surface area contributed by atoms with Crippen molar-refractivity contribution in [3.05, 3.63) is 83.4 Å². The fourth-order valence-corrected chi connectivity index (χ4v) is 3.49. The van der Waals surface area contributed by atoms with Crippen molar-refractivity contribution in [2.24, 2.45) is 5.10 Å². The molecule has 0 aliphatic carbocycles. The molecule has 1 aliphatic rings. The predicted molar refractivity (Wildman–Crippen MR) is 119 cm³/mol. The predicted octanol–water partition coefficient (Wildman–Crippen LogP) is 4.40. The minimum Gasteiger partial charge on any atom is -0.504 e. The number of carbonyl (C=O) groups excluding carboxylic acids is 1. The summed E-state index contributed by atoms with van der Waals surface area (Å²) in [6.45, 7) is 1.85. The van der Waals surface area contributed by atoms with Gasteiger partial charge in [0.05, 0.1) is 25.5 Å². The lowest BCUT2D eigenvalue weighted by Crippen LogP contribution is -2.40. The van der Waals surface area contributed by atoms with E-state index in [2.05, 4.69) is 10.4 Å². The van der Waals surface area contributed by atoms with Crippen molar-refractivity contribution in [2.75, 3.05) is 19.5 Å². The molecule has 4 rings (SSSR count). The SMILES string of the molecule is COc1ccc(C(C)=NN2C(=O)c3ccccc3NC2c2ccc(O)c(OC)c2)cc1. The highest BCUT2D eigenvalue weighted by Crippen LogP contribution is 2.36. The Bertz CT molecular complexity index is 1140. The third-order valence-electron chi connectivity index (χ3n) is 5.19. The summed E-state index contributed by atoms with van der Waals surface area (Å²) in [5.41, 5.74) is 3.53. The molecule has 31 heavy (non-hydrogen) atoms. The van der Waals surface area contributed by atoms with Crippen molar-refractivity contribution in [1.29, 1.82) is 0 Å². The third kappa shape index (κ3) is 3.90. The second-order valence-corrected chi connectivity index (χ2v) is 7.09.